The van der Waals surface area contributed by atoms with Gasteiger partial charge in [0.1, 0.15) is 0 Å². The van der Waals surface area contributed by atoms with Crippen LogP contribution in [-0.2, 0) is 6.54 Å². The van der Waals surface area contributed by atoms with Gasteiger partial charge in [0.2, 0.25) is 11.8 Å². The van der Waals surface area contributed by atoms with E-state index in [0.717, 1.165) is 10.0 Å². The van der Waals surface area contributed by atoms with Gasteiger partial charge in [0.15, 0.2) is 0 Å². The number of nitrogens with one attached hydrogen (secondary N) is 1. The average molecular weight is 326 g/mol. The number of aliphatic hydroxyl groups excluding tert-OH is 1. The molecule has 0 saturated heterocycles. The maximum absolute atomic E-state index is 8.82. The molecule has 2 aromatic rings. The molecule has 0 amide bonds. The van der Waals surface area contributed by atoms with Gasteiger partial charge in [-0.3, -0.25) is 0 Å². The van der Waals surface area contributed by atoms with Crippen LogP contribution in [0.1, 0.15) is 19.2 Å². The Morgan fingerprint density at radius 3 is 2.89 bits per heavy atom. The highest BCUT2D eigenvalue weighted by atomic mass is 79.9. The zero-order valence-electron chi connectivity index (χ0n) is 10.6. The largest absolute Gasteiger partial charge is 0.419 e. The SMILES string of the molecule is CC(CCO)NCc1nnc(-c2ccccc2Br)o1. The zero-order chi connectivity index (χ0) is 13.7. The minimum atomic E-state index is 0.167. The second-order valence-electron chi connectivity index (χ2n) is 4.28. The molecule has 1 heterocycles. The van der Waals surface area contributed by atoms with Crippen molar-refractivity contribution >= 4 is 15.9 Å². The Hall–Kier alpha value is -1.24. The predicted octanol–water partition coefficient (Wildman–Crippen LogP) is 2.36. The molecule has 1 atom stereocenters. The molecular weight excluding hydrogens is 310 g/mol. The summed E-state index contributed by atoms with van der Waals surface area (Å²) in [6, 6.07) is 7.92. The van der Waals surface area contributed by atoms with E-state index in [4.69, 9.17) is 9.52 Å². The molecule has 102 valence electrons. The minimum absolute atomic E-state index is 0.167. The van der Waals surface area contributed by atoms with E-state index in [2.05, 4.69) is 31.4 Å². The number of hydrogen-bond acceptors (Lipinski definition) is 5. The van der Waals surface area contributed by atoms with E-state index < -0.39 is 0 Å². The molecule has 1 aromatic heterocycles. The number of nitrogens with zero attached hydrogens (tertiary/aromatic N) is 2. The van der Waals surface area contributed by atoms with Crippen molar-refractivity contribution in [3.63, 3.8) is 0 Å². The topological polar surface area (TPSA) is 71.2 Å². The molecule has 0 aliphatic rings. The third kappa shape index (κ3) is 3.86. The summed E-state index contributed by atoms with van der Waals surface area (Å²) in [5, 5.41) is 20.1. The van der Waals surface area contributed by atoms with Gasteiger partial charge in [-0.2, -0.15) is 0 Å². The molecule has 6 heteroatoms. The van der Waals surface area contributed by atoms with Crippen molar-refractivity contribution in [3.05, 3.63) is 34.6 Å². The van der Waals surface area contributed by atoms with Gasteiger partial charge in [-0.1, -0.05) is 12.1 Å². The molecule has 5 nitrogen and oxygen atoms in total. The molecule has 0 bridgehead atoms. The summed E-state index contributed by atoms with van der Waals surface area (Å²) >= 11 is 3.45. The molecule has 1 unspecified atom stereocenters. The fraction of sp³-hybridized carbons (Fsp3) is 0.385. The lowest BCUT2D eigenvalue weighted by molar-refractivity contribution is 0.266. The lowest BCUT2D eigenvalue weighted by atomic mass is 10.2. The van der Waals surface area contributed by atoms with E-state index in [0.29, 0.717) is 24.7 Å². The van der Waals surface area contributed by atoms with Crippen molar-refractivity contribution in [2.45, 2.75) is 25.9 Å². The summed E-state index contributed by atoms with van der Waals surface area (Å²) < 4.78 is 6.52. The monoisotopic (exact) mass is 325 g/mol. The average Bonchev–Trinajstić information content (AvgIpc) is 2.86. The van der Waals surface area contributed by atoms with Crippen LogP contribution in [0.3, 0.4) is 0 Å². The van der Waals surface area contributed by atoms with Gasteiger partial charge in [0, 0.05) is 17.1 Å². The zero-order valence-corrected chi connectivity index (χ0v) is 12.2. The summed E-state index contributed by atoms with van der Waals surface area (Å²) in [5.74, 6) is 1.04. The van der Waals surface area contributed by atoms with Crippen molar-refractivity contribution < 1.29 is 9.52 Å². The number of hydrogen-bond donors (Lipinski definition) is 2. The van der Waals surface area contributed by atoms with E-state index in [-0.39, 0.29) is 12.6 Å². The Bertz CT molecular complexity index is 530. The lowest BCUT2D eigenvalue weighted by Crippen LogP contribution is -2.26. The first-order chi connectivity index (χ1) is 9.20. The Morgan fingerprint density at radius 1 is 1.37 bits per heavy atom. The lowest BCUT2D eigenvalue weighted by Gasteiger charge is -2.09. The number of aliphatic hydroxyl groups is 1. The highest BCUT2D eigenvalue weighted by Gasteiger charge is 2.11. The van der Waals surface area contributed by atoms with Crippen LogP contribution in [0.4, 0.5) is 0 Å². The van der Waals surface area contributed by atoms with Gasteiger partial charge in [0.25, 0.3) is 0 Å². The molecule has 2 N–H and O–H groups in total. The predicted molar refractivity (Wildman–Crippen MR) is 75.4 cm³/mol. The molecular formula is C13H16BrN3O2. The summed E-state index contributed by atoms with van der Waals surface area (Å²) in [6.45, 7) is 2.67. The van der Waals surface area contributed by atoms with Crippen LogP contribution in [0.2, 0.25) is 0 Å². The summed E-state index contributed by atoms with van der Waals surface area (Å²) in [6.07, 6.45) is 0.700. The van der Waals surface area contributed by atoms with Crippen LogP contribution in [0.25, 0.3) is 11.5 Å². The smallest absolute Gasteiger partial charge is 0.248 e. The normalized spacial score (nSPS) is 12.6. The van der Waals surface area contributed by atoms with Crippen molar-refractivity contribution in [1.82, 2.24) is 15.5 Å². The van der Waals surface area contributed by atoms with Crippen molar-refractivity contribution in [2.24, 2.45) is 0 Å². The standard InChI is InChI=1S/C13H16BrN3O2/c1-9(6-7-18)15-8-12-16-17-13(19-12)10-4-2-3-5-11(10)14/h2-5,9,15,18H,6-8H2,1H3. The molecule has 0 spiro atoms. The van der Waals surface area contributed by atoms with Crippen LogP contribution in [0.5, 0.6) is 0 Å². The van der Waals surface area contributed by atoms with E-state index in [1.165, 1.54) is 0 Å². The van der Waals surface area contributed by atoms with Gasteiger partial charge in [-0.05, 0) is 41.4 Å². The quantitative estimate of drug-likeness (QED) is 0.853. The fourth-order valence-corrected chi connectivity index (χ4v) is 2.08. The van der Waals surface area contributed by atoms with Gasteiger partial charge in [-0.15, -0.1) is 10.2 Å². The van der Waals surface area contributed by atoms with Crippen molar-refractivity contribution in [1.29, 1.82) is 0 Å². The van der Waals surface area contributed by atoms with Gasteiger partial charge in [-0.25, -0.2) is 0 Å². The third-order valence-corrected chi connectivity index (χ3v) is 3.43. The van der Waals surface area contributed by atoms with Crippen LogP contribution in [0.15, 0.2) is 33.2 Å². The number of halogens is 1. The van der Waals surface area contributed by atoms with Gasteiger partial charge < -0.3 is 14.8 Å². The first-order valence-electron chi connectivity index (χ1n) is 6.12. The van der Waals surface area contributed by atoms with E-state index >= 15 is 0 Å². The Labute approximate surface area is 120 Å². The summed E-state index contributed by atoms with van der Waals surface area (Å²) in [7, 11) is 0. The van der Waals surface area contributed by atoms with E-state index in [1.807, 2.05) is 31.2 Å². The highest BCUT2D eigenvalue weighted by Crippen LogP contribution is 2.26. The van der Waals surface area contributed by atoms with E-state index in [1.54, 1.807) is 0 Å². The van der Waals surface area contributed by atoms with Crippen LogP contribution in [0, 0.1) is 0 Å². The molecule has 0 aliphatic carbocycles. The molecule has 0 aliphatic heterocycles. The summed E-state index contributed by atoms with van der Waals surface area (Å²) in [4.78, 5) is 0. The van der Waals surface area contributed by atoms with Crippen LogP contribution in [-0.4, -0.2) is 28.0 Å². The maximum Gasteiger partial charge on any atom is 0.248 e. The molecule has 0 fully saturated rings. The second kappa shape index (κ2) is 6.79. The van der Waals surface area contributed by atoms with Crippen LogP contribution < -0.4 is 5.32 Å². The minimum Gasteiger partial charge on any atom is -0.419 e. The summed E-state index contributed by atoms with van der Waals surface area (Å²) in [5.41, 5.74) is 0.879. The maximum atomic E-state index is 8.82. The molecule has 2 rings (SSSR count). The second-order valence-corrected chi connectivity index (χ2v) is 5.13. The number of rotatable bonds is 6. The Morgan fingerprint density at radius 2 is 2.16 bits per heavy atom. The Kier molecular flexibility index (Phi) is 5.07. The van der Waals surface area contributed by atoms with E-state index in [9.17, 15) is 0 Å². The number of benzene rings is 1. The Balaban J connectivity index is 2.02. The first kappa shape index (κ1) is 14.2. The molecule has 1 aromatic carbocycles. The van der Waals surface area contributed by atoms with Gasteiger partial charge in [0.05, 0.1) is 12.1 Å². The third-order valence-electron chi connectivity index (χ3n) is 2.73. The van der Waals surface area contributed by atoms with Gasteiger partial charge >= 0.3 is 0 Å². The first-order valence-corrected chi connectivity index (χ1v) is 6.91. The molecule has 0 saturated carbocycles. The number of aromatic nitrogens is 2. The van der Waals surface area contributed by atoms with Crippen molar-refractivity contribution in [3.8, 4) is 11.5 Å². The highest BCUT2D eigenvalue weighted by molar-refractivity contribution is 9.10. The van der Waals surface area contributed by atoms with Crippen molar-refractivity contribution in [2.75, 3.05) is 6.61 Å². The molecule has 0 radical (unpaired) electrons. The molecule has 19 heavy (non-hydrogen) atoms. The fourth-order valence-electron chi connectivity index (χ4n) is 1.63. The van der Waals surface area contributed by atoms with Crippen LogP contribution >= 0.6 is 15.9 Å².